The molecule has 0 amide bonds. The number of ether oxygens (including phenoxy) is 4. The van der Waals surface area contributed by atoms with Crippen molar-refractivity contribution < 1.29 is 55.2 Å². The summed E-state index contributed by atoms with van der Waals surface area (Å²) < 4.78 is 94.9. The summed E-state index contributed by atoms with van der Waals surface area (Å²) in [6, 6.07) is 3.28. The lowest BCUT2D eigenvalue weighted by Crippen LogP contribution is -2.42. The van der Waals surface area contributed by atoms with E-state index in [4.69, 9.17) is 25.2 Å². The summed E-state index contributed by atoms with van der Waals surface area (Å²) in [4.78, 5) is 11.4. The van der Waals surface area contributed by atoms with E-state index in [1.807, 2.05) is 0 Å². The molecule has 1 N–H and O–H groups in total. The molecule has 0 fully saturated rings. The van der Waals surface area contributed by atoms with E-state index in [2.05, 4.69) is 9.47 Å². The van der Waals surface area contributed by atoms with Crippen molar-refractivity contribution in [3.05, 3.63) is 41.7 Å². The highest BCUT2D eigenvalue weighted by molar-refractivity contribution is 6.66. The number of hydrogen-bond acceptors (Lipinski definition) is 5. The third-order valence-corrected chi connectivity index (χ3v) is 3.57. The molecule has 0 unspecified atom stereocenters. The molecule has 0 saturated carbocycles. The Morgan fingerprint density at radius 2 is 1.66 bits per heavy atom. The lowest BCUT2D eigenvalue weighted by atomic mass is 9.42. The molecular formula is C17H10B3F6O6. The van der Waals surface area contributed by atoms with Gasteiger partial charge in [0.25, 0.3) is 0 Å². The number of halogens is 6. The van der Waals surface area contributed by atoms with Crippen LogP contribution in [0, 0.1) is 5.82 Å². The molecule has 0 saturated heterocycles. The van der Waals surface area contributed by atoms with Gasteiger partial charge in [0.1, 0.15) is 51.6 Å². The first kappa shape index (κ1) is 25.1. The fourth-order valence-electron chi connectivity index (χ4n) is 2.23. The molecule has 32 heavy (non-hydrogen) atoms. The molecule has 0 bridgehead atoms. The summed E-state index contributed by atoms with van der Waals surface area (Å²) >= 11 is 0. The standard InChI is InChI=1S/C17H10B3F6O6/c1-20-16(18,19)32-11-5-7(31-17(24,25)26)2-3-10(11)30-12-6-8(29-15(22)23)4-9(21)13(12)14(27)28/h2-6,15H,1H3,(H,27,28). The van der Waals surface area contributed by atoms with Crippen molar-refractivity contribution >= 4 is 28.9 Å². The SMILES string of the molecule is [B]C([B])([B]C)Oc1cc(OC(F)(F)F)ccc1Oc1cc(OC(F)F)cc(F)c1C(=O)O. The number of alkyl halides is 5. The second-order valence-corrected chi connectivity index (χ2v) is 5.96. The van der Waals surface area contributed by atoms with E-state index in [9.17, 15) is 36.2 Å². The molecule has 165 valence electrons. The van der Waals surface area contributed by atoms with Crippen molar-refractivity contribution in [2.24, 2.45) is 0 Å². The molecule has 2 aromatic rings. The Labute approximate surface area is 180 Å². The van der Waals surface area contributed by atoms with E-state index in [0.717, 1.165) is 19.4 Å². The Balaban J connectivity index is 2.56. The van der Waals surface area contributed by atoms with Crippen LogP contribution in [0.15, 0.2) is 30.3 Å². The second-order valence-electron chi connectivity index (χ2n) is 5.96. The molecule has 2 aromatic carbocycles. The van der Waals surface area contributed by atoms with Crippen molar-refractivity contribution in [3.63, 3.8) is 0 Å². The van der Waals surface area contributed by atoms with Crippen molar-refractivity contribution in [1.29, 1.82) is 0 Å². The Hall–Kier alpha value is -3.12. The predicted octanol–water partition coefficient (Wildman–Crippen LogP) is 3.90. The molecule has 0 aromatic heterocycles. The van der Waals surface area contributed by atoms with Crippen LogP contribution in [0.2, 0.25) is 6.82 Å². The Kier molecular flexibility index (Phi) is 7.52. The van der Waals surface area contributed by atoms with Crippen LogP contribution in [0.4, 0.5) is 26.3 Å². The van der Waals surface area contributed by atoms with Crippen LogP contribution < -0.4 is 18.9 Å². The maximum Gasteiger partial charge on any atom is 0.573 e. The zero-order valence-electron chi connectivity index (χ0n) is 16.0. The third kappa shape index (κ3) is 6.96. The molecule has 0 aliphatic rings. The normalized spacial score (nSPS) is 11.8. The van der Waals surface area contributed by atoms with E-state index in [0.29, 0.717) is 18.2 Å². The van der Waals surface area contributed by atoms with Gasteiger partial charge in [0.2, 0.25) is 0 Å². The monoisotopic (exact) mass is 457 g/mol. The summed E-state index contributed by atoms with van der Waals surface area (Å²) in [6.45, 7) is -2.01. The number of hydrogen-bond donors (Lipinski definition) is 1. The van der Waals surface area contributed by atoms with E-state index < -0.39 is 64.4 Å². The molecule has 0 atom stereocenters. The van der Waals surface area contributed by atoms with Crippen molar-refractivity contribution in [3.8, 4) is 28.7 Å². The molecule has 2 rings (SSSR count). The Bertz CT molecular complexity index is 986. The number of benzene rings is 2. The van der Waals surface area contributed by atoms with Gasteiger partial charge < -0.3 is 24.1 Å². The van der Waals surface area contributed by atoms with Gasteiger partial charge in [-0.2, -0.15) is 8.78 Å². The van der Waals surface area contributed by atoms with Gasteiger partial charge in [-0.1, -0.05) is 6.82 Å². The highest BCUT2D eigenvalue weighted by atomic mass is 19.4. The lowest BCUT2D eigenvalue weighted by Gasteiger charge is -2.27. The molecular weight excluding hydrogens is 447 g/mol. The predicted molar refractivity (Wildman–Crippen MR) is 99.7 cm³/mol. The number of carbonyl (C=O) groups is 1. The van der Waals surface area contributed by atoms with Crippen LogP contribution in [0.3, 0.4) is 0 Å². The number of rotatable bonds is 9. The van der Waals surface area contributed by atoms with Crippen LogP contribution in [0.25, 0.3) is 0 Å². The third-order valence-electron chi connectivity index (χ3n) is 3.57. The van der Waals surface area contributed by atoms with Gasteiger partial charge in [-0.05, 0) is 17.4 Å². The molecule has 0 aliphatic carbocycles. The minimum absolute atomic E-state index is 0.386. The van der Waals surface area contributed by atoms with Crippen molar-refractivity contribution in [1.82, 2.24) is 0 Å². The fraction of sp³-hybridized carbons (Fsp3) is 0.235. The Morgan fingerprint density at radius 3 is 2.19 bits per heavy atom. The Morgan fingerprint density at radius 1 is 1.03 bits per heavy atom. The van der Waals surface area contributed by atoms with E-state index in [1.54, 1.807) is 0 Å². The van der Waals surface area contributed by atoms with E-state index >= 15 is 0 Å². The van der Waals surface area contributed by atoms with Crippen molar-refractivity contribution in [2.75, 3.05) is 0 Å². The first-order valence-corrected chi connectivity index (χ1v) is 8.37. The molecule has 0 spiro atoms. The minimum atomic E-state index is -5.07. The largest absolute Gasteiger partial charge is 0.573 e. The average Bonchev–Trinajstić information content (AvgIpc) is 2.61. The molecule has 5 radical (unpaired) electrons. The van der Waals surface area contributed by atoms with Crippen molar-refractivity contribution in [2.45, 2.75) is 25.1 Å². The summed E-state index contributed by atoms with van der Waals surface area (Å²) in [7, 11) is 12.3. The number of carboxylic acid groups (broad SMARTS) is 1. The molecule has 6 nitrogen and oxygen atoms in total. The van der Waals surface area contributed by atoms with Crippen LogP contribution in [0.5, 0.6) is 28.7 Å². The smallest absolute Gasteiger partial charge is 0.511 e. The van der Waals surface area contributed by atoms with E-state index in [1.165, 1.54) is 6.82 Å². The molecule has 15 heteroatoms. The summed E-state index contributed by atoms with van der Waals surface area (Å²) in [5, 5.41) is 7.20. The van der Waals surface area contributed by atoms with Crippen LogP contribution in [-0.4, -0.2) is 52.3 Å². The van der Waals surface area contributed by atoms with Crippen LogP contribution in [0.1, 0.15) is 10.4 Å². The molecule has 0 aliphatic heterocycles. The topological polar surface area (TPSA) is 74.2 Å². The average molecular weight is 457 g/mol. The van der Waals surface area contributed by atoms with Gasteiger partial charge in [0.05, 0.1) is 0 Å². The first-order valence-electron chi connectivity index (χ1n) is 8.37. The van der Waals surface area contributed by atoms with Gasteiger partial charge in [-0.25, -0.2) is 9.18 Å². The maximum atomic E-state index is 14.2. The van der Waals surface area contributed by atoms with Gasteiger partial charge in [0.15, 0.2) is 11.5 Å². The molecule has 0 heterocycles. The van der Waals surface area contributed by atoms with Crippen LogP contribution in [-0.2, 0) is 0 Å². The highest BCUT2D eigenvalue weighted by Gasteiger charge is 2.32. The van der Waals surface area contributed by atoms with E-state index in [-0.39, 0.29) is 0 Å². The second kappa shape index (κ2) is 9.57. The fourth-order valence-corrected chi connectivity index (χ4v) is 2.23. The number of carboxylic acids is 1. The van der Waals surface area contributed by atoms with Gasteiger partial charge in [-0.3, -0.25) is 0 Å². The van der Waals surface area contributed by atoms with Crippen LogP contribution >= 0.6 is 0 Å². The minimum Gasteiger partial charge on any atom is -0.511 e. The maximum absolute atomic E-state index is 14.2. The zero-order chi connectivity index (χ0) is 24.3. The lowest BCUT2D eigenvalue weighted by molar-refractivity contribution is -0.274. The first-order chi connectivity index (χ1) is 14.7. The summed E-state index contributed by atoms with van der Waals surface area (Å²) in [5.74, 6) is -6.81. The van der Waals surface area contributed by atoms with Gasteiger partial charge in [-0.15, -0.1) is 13.2 Å². The van der Waals surface area contributed by atoms with Gasteiger partial charge >= 0.3 is 18.9 Å². The number of aromatic carboxylic acids is 1. The highest BCUT2D eigenvalue weighted by Crippen LogP contribution is 2.40. The summed E-state index contributed by atoms with van der Waals surface area (Å²) in [6.07, 6.45) is -5.07. The van der Waals surface area contributed by atoms with Gasteiger partial charge in [0, 0.05) is 18.2 Å². The summed E-state index contributed by atoms with van der Waals surface area (Å²) in [5.41, 5.74) is -1.08. The zero-order valence-corrected chi connectivity index (χ0v) is 16.0. The quantitative estimate of drug-likeness (QED) is 0.456.